The number of carbonyl (C=O) groups is 1. The van der Waals surface area contributed by atoms with Gasteiger partial charge in [-0.05, 0) is 24.1 Å². The average Bonchev–Trinajstić information content (AvgIpc) is 2.82. The van der Waals surface area contributed by atoms with Crippen LogP contribution in [-0.2, 0) is 6.42 Å². The van der Waals surface area contributed by atoms with Gasteiger partial charge in [-0.25, -0.2) is 4.79 Å². The zero-order valence-electron chi connectivity index (χ0n) is 8.99. The predicted molar refractivity (Wildman–Crippen MR) is 73.4 cm³/mol. The molecule has 0 aliphatic heterocycles. The second kappa shape index (κ2) is 4.68. The summed E-state index contributed by atoms with van der Waals surface area (Å²) < 4.78 is 0.686. The molecule has 2 rings (SSSR count). The van der Waals surface area contributed by atoms with Gasteiger partial charge in [0.05, 0.1) is 14.9 Å². The third kappa shape index (κ3) is 2.18. The molecule has 2 aromatic heterocycles. The lowest BCUT2D eigenvalue weighted by atomic mass is 10.1. The molecule has 0 spiro atoms. The van der Waals surface area contributed by atoms with Crippen molar-refractivity contribution in [1.82, 2.24) is 0 Å². The molecule has 90 valence electrons. The number of halogens is 1. The fourth-order valence-corrected chi connectivity index (χ4v) is 3.95. The van der Waals surface area contributed by atoms with Crippen molar-refractivity contribution in [3.8, 4) is 9.75 Å². The Labute approximate surface area is 111 Å². The minimum atomic E-state index is -0.976. The van der Waals surface area contributed by atoms with Gasteiger partial charge in [0, 0.05) is 4.88 Å². The maximum atomic E-state index is 11.0. The minimum absolute atomic E-state index is 0.210. The molecule has 17 heavy (non-hydrogen) atoms. The molecular weight excluding hydrogens is 278 g/mol. The fraction of sp³-hybridized carbons (Fsp3) is 0.182. The molecule has 0 atom stereocenters. The normalized spacial score (nSPS) is 10.7. The minimum Gasteiger partial charge on any atom is -0.477 e. The summed E-state index contributed by atoms with van der Waals surface area (Å²) in [5, 5.41) is 9.06. The van der Waals surface area contributed by atoms with Crippen LogP contribution in [0.2, 0.25) is 4.34 Å². The van der Waals surface area contributed by atoms with Gasteiger partial charge < -0.3 is 10.8 Å². The molecule has 2 aromatic rings. The first-order chi connectivity index (χ1) is 8.04. The van der Waals surface area contributed by atoms with Crippen LogP contribution >= 0.6 is 34.3 Å². The van der Waals surface area contributed by atoms with Crippen LogP contribution < -0.4 is 5.73 Å². The second-order valence-electron chi connectivity index (χ2n) is 3.42. The zero-order chi connectivity index (χ0) is 12.6. The van der Waals surface area contributed by atoms with Crippen molar-refractivity contribution in [2.24, 2.45) is 0 Å². The average molecular weight is 288 g/mol. The number of nitrogen functional groups attached to an aromatic ring is 1. The Balaban J connectivity index is 2.61. The Morgan fingerprint density at radius 2 is 2.18 bits per heavy atom. The number of carboxylic acid groups (broad SMARTS) is 1. The van der Waals surface area contributed by atoms with E-state index >= 15 is 0 Å². The van der Waals surface area contributed by atoms with Crippen molar-refractivity contribution >= 4 is 45.9 Å². The van der Waals surface area contributed by atoms with Gasteiger partial charge >= 0.3 is 5.97 Å². The van der Waals surface area contributed by atoms with Gasteiger partial charge in [-0.2, -0.15) is 0 Å². The largest absolute Gasteiger partial charge is 0.477 e. The number of aromatic carboxylic acids is 1. The molecule has 0 aromatic carbocycles. The van der Waals surface area contributed by atoms with Crippen LogP contribution in [0.15, 0.2) is 12.1 Å². The summed E-state index contributed by atoms with van der Waals surface area (Å²) in [6.07, 6.45) is 0.709. The van der Waals surface area contributed by atoms with Gasteiger partial charge in [0.15, 0.2) is 0 Å². The summed E-state index contributed by atoms with van der Waals surface area (Å²) in [5.41, 5.74) is 7.13. The quantitative estimate of drug-likeness (QED) is 0.898. The zero-order valence-corrected chi connectivity index (χ0v) is 11.4. The van der Waals surface area contributed by atoms with E-state index in [1.807, 2.05) is 13.0 Å². The van der Waals surface area contributed by atoms with E-state index in [9.17, 15) is 4.79 Å². The van der Waals surface area contributed by atoms with Crippen molar-refractivity contribution < 1.29 is 9.90 Å². The van der Waals surface area contributed by atoms with Crippen LogP contribution in [0.5, 0.6) is 0 Å². The van der Waals surface area contributed by atoms with Gasteiger partial charge in [-0.1, -0.05) is 18.5 Å². The Morgan fingerprint density at radius 3 is 2.65 bits per heavy atom. The molecular formula is C11H10ClNO2S2. The standard InChI is InChI=1S/C11H10ClNO2S2/c1-2-5-8(13)10(11(14)15)17-9(5)6-3-4-7(12)16-6/h3-4H,2,13H2,1H3,(H,14,15). The SMILES string of the molecule is CCc1c(-c2ccc(Cl)s2)sc(C(=O)O)c1N. The summed E-state index contributed by atoms with van der Waals surface area (Å²) in [6.45, 7) is 1.96. The van der Waals surface area contributed by atoms with Crippen LogP contribution in [0.3, 0.4) is 0 Å². The molecule has 3 nitrogen and oxygen atoms in total. The number of thiophene rings is 2. The first-order valence-electron chi connectivity index (χ1n) is 4.94. The molecule has 0 aliphatic carbocycles. The number of hydrogen-bond acceptors (Lipinski definition) is 4. The van der Waals surface area contributed by atoms with E-state index in [-0.39, 0.29) is 4.88 Å². The lowest BCUT2D eigenvalue weighted by Gasteiger charge is -1.99. The molecule has 0 radical (unpaired) electrons. The monoisotopic (exact) mass is 287 g/mol. The molecule has 0 amide bonds. The highest BCUT2D eigenvalue weighted by molar-refractivity contribution is 7.25. The molecule has 0 aliphatic rings. The van der Waals surface area contributed by atoms with E-state index in [4.69, 9.17) is 22.4 Å². The summed E-state index contributed by atoms with van der Waals surface area (Å²) >= 11 is 8.53. The number of carboxylic acids is 1. The predicted octanol–water partition coefficient (Wildman–Crippen LogP) is 3.97. The Hall–Kier alpha value is -1.04. The van der Waals surface area contributed by atoms with E-state index in [2.05, 4.69) is 0 Å². The number of nitrogens with two attached hydrogens (primary N) is 1. The number of rotatable bonds is 3. The van der Waals surface area contributed by atoms with Gasteiger partial charge in [-0.15, -0.1) is 22.7 Å². The summed E-state index contributed by atoms with van der Waals surface area (Å²) in [5.74, 6) is -0.976. The van der Waals surface area contributed by atoms with Crippen LogP contribution in [0.25, 0.3) is 9.75 Å². The first kappa shape index (κ1) is 12.4. The maximum absolute atomic E-state index is 11.0. The molecule has 3 N–H and O–H groups in total. The van der Waals surface area contributed by atoms with Gasteiger partial charge in [0.1, 0.15) is 4.88 Å². The van der Waals surface area contributed by atoms with Crippen molar-refractivity contribution in [2.45, 2.75) is 13.3 Å². The highest BCUT2D eigenvalue weighted by Gasteiger charge is 2.20. The van der Waals surface area contributed by atoms with E-state index < -0.39 is 5.97 Å². The fourth-order valence-electron chi connectivity index (χ4n) is 1.62. The van der Waals surface area contributed by atoms with Gasteiger partial charge in [0.2, 0.25) is 0 Å². The Morgan fingerprint density at radius 1 is 1.47 bits per heavy atom. The molecule has 0 bridgehead atoms. The van der Waals surface area contributed by atoms with E-state index in [0.717, 1.165) is 15.3 Å². The van der Waals surface area contributed by atoms with Crippen LogP contribution in [0.4, 0.5) is 5.69 Å². The third-order valence-corrected chi connectivity index (χ3v) is 5.04. The topological polar surface area (TPSA) is 63.3 Å². The second-order valence-corrected chi connectivity index (χ2v) is 6.15. The lowest BCUT2D eigenvalue weighted by molar-refractivity contribution is 0.0703. The molecule has 0 unspecified atom stereocenters. The molecule has 0 saturated heterocycles. The van der Waals surface area contributed by atoms with Crippen molar-refractivity contribution in [3.63, 3.8) is 0 Å². The van der Waals surface area contributed by atoms with Crippen LogP contribution in [-0.4, -0.2) is 11.1 Å². The number of hydrogen-bond donors (Lipinski definition) is 2. The molecule has 6 heteroatoms. The van der Waals surface area contributed by atoms with Crippen LogP contribution in [0.1, 0.15) is 22.2 Å². The van der Waals surface area contributed by atoms with E-state index in [1.54, 1.807) is 6.07 Å². The molecule has 2 heterocycles. The van der Waals surface area contributed by atoms with E-state index in [1.165, 1.54) is 22.7 Å². The first-order valence-corrected chi connectivity index (χ1v) is 6.95. The lowest BCUT2D eigenvalue weighted by Crippen LogP contribution is -1.99. The maximum Gasteiger partial charge on any atom is 0.348 e. The Bertz CT molecular complexity index is 574. The van der Waals surface area contributed by atoms with Crippen molar-refractivity contribution in [1.29, 1.82) is 0 Å². The summed E-state index contributed by atoms with van der Waals surface area (Å²) in [4.78, 5) is 13.1. The summed E-state index contributed by atoms with van der Waals surface area (Å²) in [6, 6.07) is 3.69. The third-order valence-electron chi connectivity index (χ3n) is 2.39. The highest BCUT2D eigenvalue weighted by atomic mass is 35.5. The molecule has 0 fully saturated rings. The number of anilines is 1. The van der Waals surface area contributed by atoms with Crippen molar-refractivity contribution in [2.75, 3.05) is 5.73 Å². The highest BCUT2D eigenvalue weighted by Crippen LogP contribution is 2.42. The summed E-state index contributed by atoms with van der Waals surface area (Å²) in [7, 11) is 0. The molecule has 0 saturated carbocycles. The Kier molecular flexibility index (Phi) is 3.42. The van der Waals surface area contributed by atoms with Gasteiger partial charge in [0.25, 0.3) is 0 Å². The van der Waals surface area contributed by atoms with Crippen molar-refractivity contribution in [3.05, 3.63) is 26.9 Å². The van der Waals surface area contributed by atoms with Gasteiger partial charge in [-0.3, -0.25) is 0 Å². The van der Waals surface area contributed by atoms with E-state index in [0.29, 0.717) is 16.4 Å². The smallest absolute Gasteiger partial charge is 0.348 e. The van der Waals surface area contributed by atoms with Crippen LogP contribution in [0, 0.1) is 0 Å².